The quantitative estimate of drug-likeness (QED) is 0.565. The minimum atomic E-state index is -0.723. The highest BCUT2D eigenvalue weighted by molar-refractivity contribution is 5.79. The Morgan fingerprint density at radius 1 is 1.38 bits per heavy atom. The molecular weight excluding hydrogens is 302 g/mol. The molecule has 0 atom stereocenters. The Kier molecular flexibility index (Phi) is 7.73. The number of aliphatic imine (C=N–C) groups is 1. The molecule has 0 aromatic carbocycles. The van der Waals surface area contributed by atoms with Crippen LogP contribution in [-0.4, -0.2) is 51.5 Å². The largest absolute Gasteiger partial charge is 0.388 e. The van der Waals surface area contributed by atoms with E-state index in [1.807, 2.05) is 32.6 Å². The van der Waals surface area contributed by atoms with Crippen molar-refractivity contribution in [2.24, 2.45) is 12.0 Å². The number of nitrogens with zero attached hydrogens (tertiary/aromatic N) is 4. The average Bonchev–Trinajstić information content (AvgIpc) is 2.91. The van der Waals surface area contributed by atoms with Crippen LogP contribution >= 0.6 is 0 Å². The van der Waals surface area contributed by atoms with Gasteiger partial charge < -0.3 is 15.3 Å². The molecule has 1 aromatic rings. The molecule has 0 aliphatic carbocycles. The van der Waals surface area contributed by atoms with E-state index in [1.54, 1.807) is 0 Å². The molecule has 0 amide bonds. The fourth-order valence-electron chi connectivity index (χ4n) is 2.66. The SMILES string of the molecule is CCNC(=NCC(O)(CC)CC)N(C)Cc1cn(C)nc1C(C)C. The maximum absolute atomic E-state index is 10.5. The summed E-state index contributed by atoms with van der Waals surface area (Å²) in [6, 6.07) is 0. The predicted octanol–water partition coefficient (Wildman–Crippen LogP) is 2.49. The first-order valence-electron chi connectivity index (χ1n) is 9.00. The lowest BCUT2D eigenvalue weighted by molar-refractivity contribution is 0.0416. The molecule has 6 heteroatoms. The predicted molar refractivity (Wildman–Crippen MR) is 100 cm³/mol. The molecule has 2 N–H and O–H groups in total. The van der Waals surface area contributed by atoms with Gasteiger partial charge in [-0.2, -0.15) is 5.10 Å². The minimum Gasteiger partial charge on any atom is -0.388 e. The number of rotatable bonds is 8. The zero-order valence-corrected chi connectivity index (χ0v) is 16.4. The van der Waals surface area contributed by atoms with Crippen LogP contribution in [0.4, 0.5) is 0 Å². The summed E-state index contributed by atoms with van der Waals surface area (Å²) in [6.45, 7) is 12.3. The van der Waals surface area contributed by atoms with Crippen LogP contribution in [0.2, 0.25) is 0 Å². The molecule has 0 saturated carbocycles. The van der Waals surface area contributed by atoms with Crippen LogP contribution < -0.4 is 5.32 Å². The van der Waals surface area contributed by atoms with Crippen molar-refractivity contribution < 1.29 is 5.11 Å². The lowest BCUT2D eigenvalue weighted by Crippen LogP contribution is -2.40. The summed E-state index contributed by atoms with van der Waals surface area (Å²) in [5, 5.41) is 18.4. The molecule has 1 heterocycles. The van der Waals surface area contributed by atoms with E-state index < -0.39 is 5.60 Å². The molecule has 0 aliphatic heterocycles. The van der Waals surface area contributed by atoms with Gasteiger partial charge in [0.05, 0.1) is 17.8 Å². The van der Waals surface area contributed by atoms with Crippen molar-refractivity contribution in [2.75, 3.05) is 20.1 Å². The van der Waals surface area contributed by atoms with Crippen LogP contribution in [-0.2, 0) is 13.6 Å². The van der Waals surface area contributed by atoms with Crippen LogP contribution in [0, 0.1) is 0 Å². The lowest BCUT2D eigenvalue weighted by atomic mass is 9.98. The van der Waals surface area contributed by atoms with Crippen LogP contribution in [0.3, 0.4) is 0 Å². The number of aliphatic hydroxyl groups is 1. The second-order valence-electron chi connectivity index (χ2n) is 6.83. The number of aryl methyl sites for hydroxylation is 1. The van der Waals surface area contributed by atoms with Gasteiger partial charge >= 0.3 is 0 Å². The highest BCUT2D eigenvalue weighted by Crippen LogP contribution is 2.19. The summed E-state index contributed by atoms with van der Waals surface area (Å²) in [4.78, 5) is 6.75. The Morgan fingerprint density at radius 2 is 2.00 bits per heavy atom. The normalized spacial score (nSPS) is 12.8. The lowest BCUT2D eigenvalue weighted by Gasteiger charge is -2.26. The molecule has 0 spiro atoms. The summed E-state index contributed by atoms with van der Waals surface area (Å²) < 4.78 is 1.87. The molecule has 0 unspecified atom stereocenters. The second-order valence-corrected chi connectivity index (χ2v) is 6.83. The maximum Gasteiger partial charge on any atom is 0.194 e. The summed E-state index contributed by atoms with van der Waals surface area (Å²) in [6.07, 6.45) is 3.48. The fourth-order valence-corrected chi connectivity index (χ4v) is 2.66. The Morgan fingerprint density at radius 3 is 2.50 bits per heavy atom. The number of hydrogen-bond acceptors (Lipinski definition) is 3. The first-order chi connectivity index (χ1) is 11.3. The van der Waals surface area contributed by atoms with E-state index in [4.69, 9.17) is 0 Å². The van der Waals surface area contributed by atoms with Gasteiger partial charge in [0.15, 0.2) is 5.96 Å². The zero-order chi connectivity index (χ0) is 18.3. The molecule has 0 radical (unpaired) electrons. The topological polar surface area (TPSA) is 65.7 Å². The maximum atomic E-state index is 10.5. The van der Waals surface area contributed by atoms with Gasteiger partial charge in [0, 0.05) is 38.9 Å². The molecule has 138 valence electrons. The third-order valence-corrected chi connectivity index (χ3v) is 4.43. The van der Waals surface area contributed by atoms with Crippen LogP contribution in [0.1, 0.15) is 64.6 Å². The van der Waals surface area contributed by atoms with Gasteiger partial charge in [-0.3, -0.25) is 9.67 Å². The Bertz CT molecular complexity index is 532. The van der Waals surface area contributed by atoms with E-state index in [2.05, 4.69) is 47.3 Å². The summed E-state index contributed by atoms with van der Waals surface area (Å²) in [5.41, 5.74) is 1.61. The van der Waals surface area contributed by atoms with Gasteiger partial charge in [0.1, 0.15) is 0 Å². The van der Waals surface area contributed by atoms with Gasteiger partial charge in [0.25, 0.3) is 0 Å². The third-order valence-electron chi connectivity index (χ3n) is 4.43. The number of aromatic nitrogens is 2. The molecule has 6 nitrogen and oxygen atoms in total. The zero-order valence-electron chi connectivity index (χ0n) is 16.4. The van der Waals surface area contributed by atoms with Crippen molar-refractivity contribution in [3.63, 3.8) is 0 Å². The number of nitrogens with one attached hydrogen (secondary N) is 1. The Balaban J connectivity index is 2.93. The van der Waals surface area contributed by atoms with Gasteiger partial charge in [0.2, 0.25) is 0 Å². The van der Waals surface area contributed by atoms with Gasteiger partial charge in [-0.15, -0.1) is 0 Å². The molecule has 1 aromatic heterocycles. The fraction of sp³-hybridized carbons (Fsp3) is 0.778. The second kappa shape index (κ2) is 9.06. The summed E-state index contributed by atoms with van der Waals surface area (Å²) >= 11 is 0. The molecule has 0 aliphatic rings. The molecular formula is C18H35N5O. The van der Waals surface area contributed by atoms with Gasteiger partial charge in [-0.1, -0.05) is 27.7 Å². The molecule has 1 rings (SSSR count). The first-order valence-corrected chi connectivity index (χ1v) is 9.00. The molecule has 24 heavy (non-hydrogen) atoms. The van der Waals surface area contributed by atoms with Gasteiger partial charge in [-0.05, 0) is 25.7 Å². The van der Waals surface area contributed by atoms with Crippen molar-refractivity contribution in [3.8, 4) is 0 Å². The van der Waals surface area contributed by atoms with Crippen molar-refractivity contribution in [2.45, 2.75) is 65.5 Å². The van der Waals surface area contributed by atoms with E-state index in [0.717, 1.165) is 24.7 Å². The van der Waals surface area contributed by atoms with Crippen LogP contribution in [0.25, 0.3) is 0 Å². The Labute approximate surface area is 147 Å². The molecule has 0 bridgehead atoms. The van der Waals surface area contributed by atoms with Crippen LogP contribution in [0.15, 0.2) is 11.2 Å². The van der Waals surface area contributed by atoms with E-state index in [9.17, 15) is 5.11 Å². The molecule has 0 saturated heterocycles. The van der Waals surface area contributed by atoms with Gasteiger partial charge in [-0.25, -0.2) is 0 Å². The third kappa shape index (κ3) is 5.51. The average molecular weight is 338 g/mol. The van der Waals surface area contributed by atoms with Crippen molar-refractivity contribution in [3.05, 3.63) is 17.5 Å². The van der Waals surface area contributed by atoms with Crippen LogP contribution in [0.5, 0.6) is 0 Å². The Hall–Kier alpha value is -1.56. The summed E-state index contributed by atoms with van der Waals surface area (Å²) in [7, 11) is 3.98. The number of guanidine groups is 1. The van der Waals surface area contributed by atoms with Crippen molar-refractivity contribution >= 4 is 5.96 Å². The number of hydrogen-bond donors (Lipinski definition) is 2. The van der Waals surface area contributed by atoms with E-state index >= 15 is 0 Å². The van der Waals surface area contributed by atoms with E-state index in [-0.39, 0.29) is 0 Å². The highest BCUT2D eigenvalue weighted by atomic mass is 16.3. The smallest absolute Gasteiger partial charge is 0.194 e. The monoisotopic (exact) mass is 337 g/mol. The first kappa shape index (κ1) is 20.5. The van der Waals surface area contributed by atoms with E-state index in [1.165, 1.54) is 5.56 Å². The summed E-state index contributed by atoms with van der Waals surface area (Å²) in [5.74, 6) is 1.20. The highest BCUT2D eigenvalue weighted by Gasteiger charge is 2.22. The van der Waals surface area contributed by atoms with E-state index in [0.29, 0.717) is 25.3 Å². The van der Waals surface area contributed by atoms with Crippen molar-refractivity contribution in [1.82, 2.24) is 20.0 Å². The van der Waals surface area contributed by atoms with Crippen molar-refractivity contribution in [1.29, 1.82) is 0 Å². The molecule has 0 fully saturated rings. The minimum absolute atomic E-state index is 0.388. The standard InChI is InChI=1S/C18H35N5O/c1-8-18(24,9-2)13-20-17(19-10-3)22(6)11-15-12-23(7)21-16(15)14(4)5/h12,14,24H,8-11,13H2,1-7H3,(H,19,20).